The number of carbonyl (C=O) groups excluding carboxylic acids is 2. The van der Waals surface area contributed by atoms with Crippen LogP contribution >= 0.6 is 35.6 Å². The number of rotatable bonds is 8. The van der Waals surface area contributed by atoms with E-state index >= 15 is 0 Å². The predicted octanol–water partition coefficient (Wildman–Crippen LogP) is 3.83. The number of hydrogen-bond donors (Lipinski definition) is 0. The summed E-state index contributed by atoms with van der Waals surface area (Å²) in [7, 11) is 1.81. The van der Waals surface area contributed by atoms with Crippen LogP contribution in [0.3, 0.4) is 0 Å². The van der Waals surface area contributed by atoms with Gasteiger partial charge in [0.1, 0.15) is 0 Å². The van der Waals surface area contributed by atoms with Crippen molar-refractivity contribution in [2.45, 2.75) is 38.6 Å². The molecule has 1 unspecified atom stereocenters. The molecule has 0 N–H and O–H groups in total. The Bertz CT molecular complexity index is 637. The molecule has 152 valence electrons. The molecule has 1 aliphatic rings. The fourth-order valence-corrected chi connectivity index (χ4v) is 3.48. The highest BCUT2D eigenvalue weighted by Crippen LogP contribution is 2.23. The second-order valence-corrected chi connectivity index (χ2v) is 7.53. The van der Waals surface area contributed by atoms with E-state index in [-0.39, 0.29) is 36.7 Å². The number of hydrogen-bond acceptors (Lipinski definition) is 4. The first-order chi connectivity index (χ1) is 12.4. The molecule has 1 aromatic carbocycles. The molecule has 1 aliphatic heterocycles. The van der Waals surface area contributed by atoms with Crippen molar-refractivity contribution in [3.63, 3.8) is 0 Å². The summed E-state index contributed by atoms with van der Waals surface area (Å²) in [4.78, 5) is 27.9. The molecule has 1 heterocycles. The Balaban J connectivity index is 0.00000364. The Morgan fingerprint density at radius 1 is 1.22 bits per heavy atom. The molecule has 8 heteroatoms. The number of ether oxygens (including phenoxy) is 1. The molecular weight excluding hydrogens is 411 g/mol. The summed E-state index contributed by atoms with van der Waals surface area (Å²) < 4.78 is 5.09. The quantitative estimate of drug-likeness (QED) is 0.580. The van der Waals surface area contributed by atoms with Gasteiger partial charge in [0.2, 0.25) is 5.91 Å². The number of esters is 1. The minimum atomic E-state index is -0.297. The maximum absolute atomic E-state index is 12.7. The second kappa shape index (κ2) is 11.7. The van der Waals surface area contributed by atoms with E-state index < -0.39 is 0 Å². The topological polar surface area (TPSA) is 49.9 Å². The molecule has 1 atom stereocenters. The summed E-state index contributed by atoms with van der Waals surface area (Å²) in [5, 5.41) is 0.924. The minimum Gasteiger partial charge on any atom is -0.466 e. The van der Waals surface area contributed by atoms with Crippen LogP contribution in [-0.4, -0.2) is 61.0 Å². The van der Waals surface area contributed by atoms with Crippen LogP contribution < -0.4 is 0 Å². The maximum atomic E-state index is 12.7. The summed E-state index contributed by atoms with van der Waals surface area (Å²) in [6.45, 7) is 4.62. The molecule has 0 aromatic heterocycles. The summed E-state index contributed by atoms with van der Waals surface area (Å²) in [6, 6.07) is 5.25. The van der Waals surface area contributed by atoms with Crippen molar-refractivity contribution in [3.05, 3.63) is 33.8 Å². The molecule has 0 bridgehead atoms. The summed E-state index contributed by atoms with van der Waals surface area (Å²) in [5.74, 6) is -0.287. The van der Waals surface area contributed by atoms with Crippen molar-refractivity contribution in [1.29, 1.82) is 0 Å². The lowest BCUT2D eigenvalue weighted by atomic mass is 10.1. The number of likely N-dealkylation sites (N-methyl/N-ethyl adjacent to an activating group) is 1. The van der Waals surface area contributed by atoms with Gasteiger partial charge in [-0.3, -0.25) is 9.59 Å². The van der Waals surface area contributed by atoms with Gasteiger partial charge in [0.05, 0.1) is 23.1 Å². The average molecular weight is 438 g/mol. The number of amides is 1. The van der Waals surface area contributed by atoms with Gasteiger partial charge in [0.25, 0.3) is 0 Å². The average Bonchev–Trinajstić information content (AvgIpc) is 3.09. The lowest BCUT2D eigenvalue weighted by Crippen LogP contribution is -2.45. The molecule has 5 nitrogen and oxygen atoms in total. The van der Waals surface area contributed by atoms with Crippen molar-refractivity contribution in [1.82, 2.24) is 9.80 Å². The molecule has 1 aromatic rings. The van der Waals surface area contributed by atoms with Gasteiger partial charge in [-0.2, -0.15) is 0 Å². The van der Waals surface area contributed by atoms with Gasteiger partial charge in [0, 0.05) is 33.0 Å². The van der Waals surface area contributed by atoms with Gasteiger partial charge < -0.3 is 14.5 Å². The van der Waals surface area contributed by atoms with Crippen LogP contribution in [0, 0.1) is 0 Å². The smallest absolute Gasteiger partial charge is 0.302 e. The van der Waals surface area contributed by atoms with E-state index in [9.17, 15) is 9.59 Å². The fourth-order valence-electron chi connectivity index (χ4n) is 3.16. The fraction of sp³-hybridized carbons (Fsp3) is 0.579. The zero-order valence-corrected chi connectivity index (χ0v) is 18.1. The third-order valence-corrected chi connectivity index (χ3v) is 5.44. The van der Waals surface area contributed by atoms with Gasteiger partial charge in [-0.1, -0.05) is 29.3 Å². The van der Waals surface area contributed by atoms with E-state index in [1.807, 2.05) is 13.1 Å². The minimum absolute atomic E-state index is 0. The molecular formula is C19H27Cl3N2O3. The Morgan fingerprint density at radius 2 is 1.89 bits per heavy atom. The number of halogens is 3. The SMILES string of the molecule is CC(=O)OCCC(CN1CCCC1)N(C)C(=O)Cc1ccc(Cl)c(Cl)c1.Cl. The first-order valence-electron chi connectivity index (χ1n) is 8.92. The Labute approximate surface area is 177 Å². The first-order valence-corrected chi connectivity index (χ1v) is 9.67. The number of nitrogens with zero attached hydrogens (tertiary/aromatic N) is 2. The van der Waals surface area contributed by atoms with Crippen LogP contribution in [0.1, 0.15) is 31.7 Å². The lowest BCUT2D eigenvalue weighted by molar-refractivity contribution is -0.141. The standard InChI is InChI=1S/C19H26Cl2N2O3.ClH/c1-14(24)26-10-7-16(13-23-8-3-4-9-23)22(2)19(25)12-15-5-6-17(20)18(21)11-15;/h5-6,11,16H,3-4,7-10,12-13H2,1-2H3;1H. The van der Waals surface area contributed by atoms with Crippen molar-refractivity contribution in [2.75, 3.05) is 33.3 Å². The van der Waals surface area contributed by atoms with E-state index in [4.69, 9.17) is 27.9 Å². The molecule has 1 saturated heterocycles. The lowest BCUT2D eigenvalue weighted by Gasteiger charge is -2.31. The van der Waals surface area contributed by atoms with Gasteiger partial charge >= 0.3 is 5.97 Å². The molecule has 0 aliphatic carbocycles. The highest BCUT2D eigenvalue weighted by molar-refractivity contribution is 6.42. The van der Waals surface area contributed by atoms with Gasteiger partial charge in [0.15, 0.2) is 0 Å². The normalized spacial score (nSPS) is 15.1. The van der Waals surface area contributed by atoms with E-state index in [2.05, 4.69) is 4.90 Å². The predicted molar refractivity (Wildman–Crippen MR) is 111 cm³/mol. The highest BCUT2D eigenvalue weighted by Gasteiger charge is 2.24. The van der Waals surface area contributed by atoms with Gasteiger partial charge in [-0.15, -0.1) is 12.4 Å². The second-order valence-electron chi connectivity index (χ2n) is 6.72. The third kappa shape index (κ3) is 7.86. The van der Waals surface area contributed by atoms with Crippen LogP contribution in [-0.2, 0) is 20.7 Å². The summed E-state index contributed by atoms with van der Waals surface area (Å²) >= 11 is 12.0. The van der Waals surface area contributed by atoms with Crippen molar-refractivity contribution >= 4 is 47.5 Å². The summed E-state index contributed by atoms with van der Waals surface area (Å²) in [6.07, 6.45) is 3.27. The molecule has 0 spiro atoms. The van der Waals surface area contributed by atoms with Crippen molar-refractivity contribution < 1.29 is 14.3 Å². The zero-order chi connectivity index (χ0) is 19.1. The molecule has 0 saturated carbocycles. The molecule has 2 rings (SSSR count). The van der Waals surface area contributed by atoms with Gasteiger partial charge in [-0.05, 0) is 43.6 Å². The van der Waals surface area contributed by atoms with Crippen LogP contribution in [0.4, 0.5) is 0 Å². The van der Waals surface area contributed by atoms with Crippen molar-refractivity contribution in [3.8, 4) is 0 Å². The van der Waals surface area contributed by atoms with Crippen LogP contribution in [0.5, 0.6) is 0 Å². The number of benzene rings is 1. The van der Waals surface area contributed by atoms with E-state index in [1.165, 1.54) is 19.8 Å². The maximum Gasteiger partial charge on any atom is 0.302 e. The van der Waals surface area contributed by atoms with E-state index in [0.717, 1.165) is 25.2 Å². The monoisotopic (exact) mass is 436 g/mol. The first kappa shape index (κ1) is 24.0. The van der Waals surface area contributed by atoms with Crippen LogP contribution in [0.25, 0.3) is 0 Å². The molecule has 1 fully saturated rings. The van der Waals surface area contributed by atoms with Crippen molar-refractivity contribution in [2.24, 2.45) is 0 Å². The van der Waals surface area contributed by atoms with Crippen LogP contribution in [0.2, 0.25) is 10.0 Å². The van der Waals surface area contributed by atoms with E-state index in [0.29, 0.717) is 23.1 Å². The number of likely N-dealkylation sites (tertiary alicyclic amines) is 1. The third-order valence-electron chi connectivity index (χ3n) is 4.70. The highest BCUT2D eigenvalue weighted by atomic mass is 35.5. The Morgan fingerprint density at radius 3 is 2.48 bits per heavy atom. The summed E-state index contributed by atoms with van der Waals surface area (Å²) in [5.41, 5.74) is 0.830. The molecule has 27 heavy (non-hydrogen) atoms. The van der Waals surface area contributed by atoms with Gasteiger partial charge in [-0.25, -0.2) is 0 Å². The zero-order valence-electron chi connectivity index (χ0n) is 15.7. The van der Waals surface area contributed by atoms with E-state index in [1.54, 1.807) is 17.0 Å². The molecule has 1 amide bonds. The number of carbonyl (C=O) groups is 2. The van der Waals surface area contributed by atoms with Crippen LogP contribution in [0.15, 0.2) is 18.2 Å². The molecule has 0 radical (unpaired) electrons. The Kier molecular flexibility index (Phi) is 10.5. The Hall–Kier alpha value is -1.01. The largest absolute Gasteiger partial charge is 0.466 e.